The maximum absolute atomic E-state index is 14.9. The van der Waals surface area contributed by atoms with Crippen molar-refractivity contribution in [2.24, 2.45) is 11.8 Å². The molecule has 0 amide bonds. The lowest BCUT2D eigenvalue weighted by Gasteiger charge is -2.40. The Morgan fingerprint density at radius 3 is 2.43 bits per heavy atom. The van der Waals surface area contributed by atoms with Crippen molar-refractivity contribution in [2.45, 2.75) is 57.5 Å². The number of carboxylic acids is 1. The molecule has 4 nitrogen and oxygen atoms in total. The molecule has 2 rings (SSSR count). The van der Waals surface area contributed by atoms with Crippen molar-refractivity contribution >= 4 is 5.97 Å². The van der Waals surface area contributed by atoms with Crippen LogP contribution >= 0.6 is 0 Å². The van der Waals surface area contributed by atoms with E-state index in [-0.39, 0.29) is 5.92 Å². The summed E-state index contributed by atoms with van der Waals surface area (Å²) in [7, 11) is 0. The van der Waals surface area contributed by atoms with Gasteiger partial charge in [0.05, 0.1) is 6.04 Å². The summed E-state index contributed by atoms with van der Waals surface area (Å²) in [6.07, 6.45) is 1.73. The summed E-state index contributed by atoms with van der Waals surface area (Å²) in [5, 5.41) is 9.39. The van der Waals surface area contributed by atoms with E-state index in [0.717, 1.165) is 0 Å². The van der Waals surface area contributed by atoms with Crippen molar-refractivity contribution in [1.29, 1.82) is 0 Å². The third-order valence-electron chi connectivity index (χ3n) is 4.75. The van der Waals surface area contributed by atoms with E-state index in [2.05, 4.69) is 0 Å². The number of ether oxygens (including phenoxy) is 1. The topological polar surface area (TPSA) is 49.8 Å². The largest absolute Gasteiger partial charge is 0.480 e. The van der Waals surface area contributed by atoms with Gasteiger partial charge in [-0.25, -0.2) is 8.78 Å². The van der Waals surface area contributed by atoms with E-state index in [9.17, 15) is 18.7 Å². The first-order chi connectivity index (χ1) is 9.85. The number of alkyl halides is 2. The molecule has 0 spiro atoms. The fourth-order valence-corrected chi connectivity index (χ4v) is 3.70. The minimum atomic E-state index is -2.84. The third kappa shape index (κ3) is 3.37. The van der Waals surface area contributed by atoms with E-state index in [0.29, 0.717) is 45.4 Å². The molecule has 2 heterocycles. The highest BCUT2D eigenvalue weighted by Crippen LogP contribution is 2.42. The first kappa shape index (κ1) is 16.6. The Kier molecular flexibility index (Phi) is 5.20. The van der Waals surface area contributed by atoms with Crippen LogP contribution in [0.1, 0.15) is 39.5 Å². The molecule has 2 fully saturated rings. The number of likely N-dealkylation sites (tertiary alicyclic amines) is 1. The highest BCUT2D eigenvalue weighted by molar-refractivity contribution is 5.74. The predicted octanol–water partition coefficient (Wildman–Crippen LogP) is 2.62. The summed E-state index contributed by atoms with van der Waals surface area (Å²) < 4.78 is 34.9. The molecule has 0 aromatic carbocycles. The van der Waals surface area contributed by atoms with Crippen molar-refractivity contribution in [1.82, 2.24) is 4.90 Å². The van der Waals surface area contributed by atoms with Crippen LogP contribution in [-0.2, 0) is 9.53 Å². The lowest BCUT2D eigenvalue weighted by Crippen LogP contribution is -2.56. The number of aliphatic carboxylic acids is 1. The molecule has 0 saturated carbocycles. The standard InChI is InChI=1S/C15H25F2NO3/c1-10(2)13(14(19)20)18-7-3-4-12(18)15(16,17)11-5-8-21-9-6-11/h10-13H,3-9H2,1-2H3,(H,19,20)/t12-,13+/m1/s1. The van der Waals surface area contributed by atoms with Crippen LogP contribution in [0.5, 0.6) is 0 Å². The molecule has 0 unspecified atom stereocenters. The average Bonchev–Trinajstić information content (AvgIpc) is 2.88. The van der Waals surface area contributed by atoms with E-state index in [4.69, 9.17) is 4.74 Å². The van der Waals surface area contributed by atoms with Crippen molar-refractivity contribution in [3.05, 3.63) is 0 Å². The van der Waals surface area contributed by atoms with E-state index in [1.165, 1.54) is 4.90 Å². The average molecular weight is 305 g/mol. The first-order valence-corrected chi connectivity index (χ1v) is 7.79. The molecule has 122 valence electrons. The minimum absolute atomic E-state index is 0.186. The van der Waals surface area contributed by atoms with Gasteiger partial charge in [-0.15, -0.1) is 0 Å². The van der Waals surface area contributed by atoms with Gasteiger partial charge in [-0.2, -0.15) is 0 Å². The zero-order valence-electron chi connectivity index (χ0n) is 12.7. The van der Waals surface area contributed by atoms with Gasteiger partial charge in [0.25, 0.3) is 5.92 Å². The molecule has 2 atom stereocenters. The number of rotatable bonds is 5. The van der Waals surface area contributed by atoms with Crippen LogP contribution in [-0.4, -0.2) is 53.7 Å². The molecule has 0 radical (unpaired) electrons. The molecule has 0 aliphatic carbocycles. The summed E-state index contributed by atoms with van der Waals surface area (Å²) in [6, 6.07) is -1.78. The number of carboxylic acid groups (broad SMARTS) is 1. The number of hydrogen-bond acceptors (Lipinski definition) is 3. The van der Waals surface area contributed by atoms with E-state index >= 15 is 0 Å². The molecular formula is C15H25F2NO3. The van der Waals surface area contributed by atoms with Crippen LogP contribution in [0.25, 0.3) is 0 Å². The zero-order chi connectivity index (χ0) is 15.6. The van der Waals surface area contributed by atoms with Crippen molar-refractivity contribution < 1.29 is 23.4 Å². The minimum Gasteiger partial charge on any atom is -0.480 e. The number of hydrogen-bond donors (Lipinski definition) is 1. The molecule has 0 aromatic rings. The normalized spacial score (nSPS) is 27.2. The SMILES string of the molecule is CC(C)[C@@H](C(=O)O)N1CCC[C@@H]1C(F)(F)C1CCOCC1. The first-order valence-electron chi connectivity index (χ1n) is 7.79. The van der Waals surface area contributed by atoms with Gasteiger partial charge >= 0.3 is 5.97 Å². The van der Waals surface area contributed by atoms with Crippen molar-refractivity contribution in [2.75, 3.05) is 19.8 Å². The summed E-state index contributed by atoms with van der Waals surface area (Å²) in [6.45, 7) is 4.75. The highest BCUT2D eigenvalue weighted by Gasteiger charge is 2.53. The van der Waals surface area contributed by atoms with Crippen molar-refractivity contribution in [3.8, 4) is 0 Å². The molecular weight excluding hydrogens is 280 g/mol. The maximum Gasteiger partial charge on any atom is 0.321 e. The predicted molar refractivity (Wildman–Crippen MR) is 74.5 cm³/mol. The summed E-state index contributed by atoms with van der Waals surface area (Å²) in [5.41, 5.74) is 0. The maximum atomic E-state index is 14.9. The summed E-state index contributed by atoms with van der Waals surface area (Å²) >= 11 is 0. The molecule has 6 heteroatoms. The summed E-state index contributed by atoms with van der Waals surface area (Å²) in [4.78, 5) is 13.0. The molecule has 21 heavy (non-hydrogen) atoms. The van der Waals surface area contributed by atoms with Crippen LogP contribution in [0.4, 0.5) is 8.78 Å². The Morgan fingerprint density at radius 2 is 1.90 bits per heavy atom. The molecule has 2 saturated heterocycles. The monoisotopic (exact) mass is 305 g/mol. The van der Waals surface area contributed by atoms with E-state index in [1.54, 1.807) is 13.8 Å². The van der Waals surface area contributed by atoms with Gasteiger partial charge in [-0.1, -0.05) is 13.8 Å². The third-order valence-corrected chi connectivity index (χ3v) is 4.75. The van der Waals surface area contributed by atoms with Gasteiger partial charge in [0.1, 0.15) is 6.04 Å². The second kappa shape index (κ2) is 6.57. The Balaban J connectivity index is 2.18. The Bertz CT molecular complexity index is 370. The van der Waals surface area contributed by atoms with E-state index in [1.807, 2.05) is 0 Å². The lowest BCUT2D eigenvalue weighted by atomic mass is 9.86. The zero-order valence-corrected chi connectivity index (χ0v) is 12.7. The molecule has 0 aromatic heterocycles. The van der Waals surface area contributed by atoms with Crippen LogP contribution < -0.4 is 0 Å². The van der Waals surface area contributed by atoms with Gasteiger partial charge < -0.3 is 9.84 Å². The molecule has 2 aliphatic rings. The Labute approximate surface area is 124 Å². The van der Waals surface area contributed by atoms with Crippen LogP contribution in [0.15, 0.2) is 0 Å². The fraction of sp³-hybridized carbons (Fsp3) is 0.933. The smallest absolute Gasteiger partial charge is 0.321 e. The summed E-state index contributed by atoms with van der Waals surface area (Å²) in [5.74, 6) is -4.73. The van der Waals surface area contributed by atoms with E-state index < -0.39 is 29.9 Å². The van der Waals surface area contributed by atoms with Gasteiger partial charge in [0.15, 0.2) is 0 Å². The van der Waals surface area contributed by atoms with Gasteiger partial charge in [0, 0.05) is 19.1 Å². The number of carbonyl (C=O) groups is 1. The quantitative estimate of drug-likeness (QED) is 0.848. The van der Waals surface area contributed by atoms with Gasteiger partial charge in [0.2, 0.25) is 0 Å². The van der Waals surface area contributed by atoms with Gasteiger partial charge in [-0.05, 0) is 38.1 Å². The molecule has 0 bridgehead atoms. The van der Waals surface area contributed by atoms with Gasteiger partial charge in [-0.3, -0.25) is 9.69 Å². The Hall–Kier alpha value is -0.750. The molecule has 1 N–H and O–H groups in total. The number of halogens is 2. The Morgan fingerprint density at radius 1 is 1.29 bits per heavy atom. The lowest BCUT2D eigenvalue weighted by molar-refractivity contribution is -0.162. The highest BCUT2D eigenvalue weighted by atomic mass is 19.3. The van der Waals surface area contributed by atoms with Crippen LogP contribution in [0.3, 0.4) is 0 Å². The second-order valence-corrected chi connectivity index (χ2v) is 6.48. The van der Waals surface area contributed by atoms with Crippen LogP contribution in [0, 0.1) is 11.8 Å². The van der Waals surface area contributed by atoms with Crippen LogP contribution in [0.2, 0.25) is 0 Å². The fourth-order valence-electron chi connectivity index (χ4n) is 3.70. The molecule has 2 aliphatic heterocycles. The van der Waals surface area contributed by atoms with Crippen molar-refractivity contribution in [3.63, 3.8) is 0 Å². The second-order valence-electron chi connectivity index (χ2n) is 6.48. The number of nitrogens with zero attached hydrogens (tertiary/aromatic N) is 1.